The molecule has 0 spiro atoms. The first-order chi connectivity index (χ1) is 11.4. The number of nitrogens with zero attached hydrogens (tertiary/aromatic N) is 1. The Kier molecular flexibility index (Phi) is 11.9. The van der Waals surface area contributed by atoms with E-state index in [0.29, 0.717) is 0 Å². The molecule has 0 aliphatic carbocycles. The van der Waals surface area contributed by atoms with Crippen LogP contribution in [-0.4, -0.2) is 37.4 Å². The number of rotatable bonds is 7. The molecule has 0 aromatic heterocycles. The summed E-state index contributed by atoms with van der Waals surface area (Å²) in [7, 11) is 0. The maximum absolute atomic E-state index is 12.4. The summed E-state index contributed by atoms with van der Waals surface area (Å²) in [6, 6.07) is 4.81. The zero-order valence-electron chi connectivity index (χ0n) is 14.7. The molecule has 0 amide bonds. The van der Waals surface area contributed by atoms with Crippen LogP contribution in [0.4, 0.5) is 13.2 Å². The molecule has 1 N–H and O–H groups in total. The highest BCUT2D eigenvalue weighted by molar-refractivity contribution is 6.32. The molecule has 2 rings (SSSR count). The van der Waals surface area contributed by atoms with E-state index in [1.54, 1.807) is 12.1 Å². The van der Waals surface area contributed by atoms with E-state index in [9.17, 15) is 13.2 Å². The maximum Gasteiger partial charge on any atom is 0.573 e. The van der Waals surface area contributed by atoms with Crippen molar-refractivity contribution in [1.82, 2.24) is 10.2 Å². The van der Waals surface area contributed by atoms with E-state index >= 15 is 0 Å². The van der Waals surface area contributed by atoms with Crippen LogP contribution in [0.25, 0.3) is 0 Å². The number of piperazine rings is 1. The summed E-state index contributed by atoms with van der Waals surface area (Å²) in [6.07, 6.45) is -0.392. The van der Waals surface area contributed by atoms with Gasteiger partial charge in [-0.2, -0.15) is 0 Å². The zero-order chi connectivity index (χ0) is 17.6. The lowest BCUT2D eigenvalue weighted by Gasteiger charge is -2.35. The molecule has 1 aromatic rings. The van der Waals surface area contributed by atoms with Crippen molar-refractivity contribution in [2.45, 2.75) is 45.0 Å². The van der Waals surface area contributed by atoms with E-state index in [0.717, 1.165) is 57.4 Å². The zero-order valence-corrected chi connectivity index (χ0v) is 17.0. The van der Waals surface area contributed by atoms with Crippen LogP contribution in [0, 0.1) is 0 Å². The molecule has 9 heteroatoms. The van der Waals surface area contributed by atoms with Gasteiger partial charge in [0.05, 0.1) is 5.02 Å². The molecule has 1 atom stereocenters. The number of alkyl halides is 3. The second-order valence-corrected chi connectivity index (χ2v) is 6.44. The molecular weight excluding hydrogens is 412 g/mol. The summed E-state index contributed by atoms with van der Waals surface area (Å²) < 4.78 is 41.1. The standard InChI is InChI=1S/C17H24ClF3N2O.2ClH/c1-2-3-4-5-15(23-10-8-22-9-11-23)13-6-7-16(14(18)12-13)24-17(19,20)21;;/h6-7,12,15,22H,2-5,8-11H2,1H3;2*1H/t15-;;/m0../s1. The van der Waals surface area contributed by atoms with Gasteiger partial charge in [-0.15, -0.1) is 38.0 Å². The predicted molar refractivity (Wildman–Crippen MR) is 104 cm³/mol. The van der Waals surface area contributed by atoms with Gasteiger partial charge in [0.2, 0.25) is 0 Å². The van der Waals surface area contributed by atoms with Gasteiger partial charge in [0.1, 0.15) is 5.75 Å². The van der Waals surface area contributed by atoms with Gasteiger partial charge in [-0.3, -0.25) is 4.90 Å². The second kappa shape index (κ2) is 12.1. The van der Waals surface area contributed by atoms with Crippen LogP contribution < -0.4 is 10.1 Å². The van der Waals surface area contributed by atoms with Gasteiger partial charge in [0.25, 0.3) is 0 Å². The van der Waals surface area contributed by atoms with E-state index in [2.05, 4.69) is 21.9 Å². The highest BCUT2D eigenvalue weighted by Crippen LogP contribution is 2.35. The third kappa shape index (κ3) is 8.09. The van der Waals surface area contributed by atoms with Crippen molar-refractivity contribution in [2.24, 2.45) is 0 Å². The van der Waals surface area contributed by atoms with Crippen molar-refractivity contribution in [3.8, 4) is 5.75 Å². The molecule has 1 fully saturated rings. The Labute approximate surface area is 170 Å². The monoisotopic (exact) mass is 436 g/mol. The molecule has 0 radical (unpaired) electrons. The molecule has 1 aliphatic heterocycles. The molecule has 0 unspecified atom stereocenters. The number of hydrogen-bond acceptors (Lipinski definition) is 3. The number of ether oxygens (including phenoxy) is 1. The smallest absolute Gasteiger partial charge is 0.404 e. The summed E-state index contributed by atoms with van der Waals surface area (Å²) in [5, 5.41) is 3.32. The van der Waals surface area contributed by atoms with Crippen molar-refractivity contribution >= 4 is 36.4 Å². The van der Waals surface area contributed by atoms with E-state index in [-0.39, 0.29) is 41.6 Å². The Balaban J connectivity index is 0.00000312. The number of benzene rings is 1. The number of hydrogen-bond donors (Lipinski definition) is 1. The van der Waals surface area contributed by atoms with E-state index in [4.69, 9.17) is 11.6 Å². The van der Waals surface area contributed by atoms with Crippen molar-refractivity contribution in [1.29, 1.82) is 0 Å². The van der Waals surface area contributed by atoms with E-state index < -0.39 is 6.36 Å². The summed E-state index contributed by atoms with van der Waals surface area (Å²) >= 11 is 6.02. The molecule has 1 heterocycles. The molecule has 0 bridgehead atoms. The van der Waals surface area contributed by atoms with Crippen LogP contribution in [0.2, 0.25) is 5.02 Å². The normalized spacial score (nSPS) is 16.3. The molecule has 1 aromatic carbocycles. The minimum Gasteiger partial charge on any atom is -0.404 e. The largest absolute Gasteiger partial charge is 0.573 e. The predicted octanol–water partition coefficient (Wildman–Crippen LogP) is 5.61. The molecular formula is C17H26Cl3F3N2O. The summed E-state index contributed by atoms with van der Waals surface area (Å²) in [5.74, 6) is -0.347. The first kappa shape index (κ1) is 25.6. The molecule has 1 saturated heterocycles. The van der Waals surface area contributed by atoms with Crippen molar-refractivity contribution < 1.29 is 17.9 Å². The topological polar surface area (TPSA) is 24.5 Å². The Morgan fingerprint density at radius 3 is 2.38 bits per heavy atom. The van der Waals surface area contributed by atoms with Crippen LogP contribution in [0.3, 0.4) is 0 Å². The molecule has 3 nitrogen and oxygen atoms in total. The highest BCUT2D eigenvalue weighted by atomic mass is 35.5. The fourth-order valence-corrected chi connectivity index (χ4v) is 3.30. The Morgan fingerprint density at radius 1 is 1.19 bits per heavy atom. The number of nitrogens with one attached hydrogen (secondary N) is 1. The van der Waals surface area contributed by atoms with Gasteiger partial charge in [-0.1, -0.05) is 43.9 Å². The number of halogens is 6. The fourth-order valence-electron chi connectivity index (χ4n) is 3.07. The third-order valence-corrected chi connectivity index (χ3v) is 4.54. The molecule has 26 heavy (non-hydrogen) atoms. The van der Waals surface area contributed by atoms with Gasteiger partial charge >= 0.3 is 6.36 Å². The van der Waals surface area contributed by atoms with Crippen molar-refractivity contribution in [3.63, 3.8) is 0 Å². The first-order valence-electron chi connectivity index (χ1n) is 8.40. The van der Waals surface area contributed by atoms with Gasteiger partial charge < -0.3 is 10.1 Å². The molecule has 1 aliphatic rings. The Bertz CT molecular complexity index is 526. The highest BCUT2D eigenvalue weighted by Gasteiger charge is 2.32. The SMILES string of the molecule is CCCCC[C@@H](c1ccc(OC(F)(F)F)c(Cl)c1)N1CCNCC1.Cl.Cl. The van der Waals surface area contributed by atoms with Crippen LogP contribution >= 0.6 is 36.4 Å². The lowest BCUT2D eigenvalue weighted by Crippen LogP contribution is -2.45. The van der Waals surface area contributed by atoms with Gasteiger partial charge in [0, 0.05) is 32.2 Å². The minimum atomic E-state index is -4.73. The summed E-state index contributed by atoms with van der Waals surface area (Å²) in [5.41, 5.74) is 0.951. The van der Waals surface area contributed by atoms with Crippen LogP contribution in [-0.2, 0) is 0 Å². The van der Waals surface area contributed by atoms with E-state index in [1.165, 1.54) is 6.07 Å². The van der Waals surface area contributed by atoms with Gasteiger partial charge in [-0.25, -0.2) is 0 Å². The molecule has 0 saturated carbocycles. The van der Waals surface area contributed by atoms with Crippen molar-refractivity contribution in [3.05, 3.63) is 28.8 Å². The summed E-state index contributed by atoms with van der Waals surface area (Å²) in [4.78, 5) is 2.38. The Morgan fingerprint density at radius 2 is 1.85 bits per heavy atom. The summed E-state index contributed by atoms with van der Waals surface area (Å²) in [6.45, 7) is 5.85. The first-order valence-corrected chi connectivity index (χ1v) is 8.78. The van der Waals surface area contributed by atoms with Crippen molar-refractivity contribution in [2.75, 3.05) is 26.2 Å². The average Bonchev–Trinajstić information content (AvgIpc) is 2.53. The maximum atomic E-state index is 12.4. The quantitative estimate of drug-likeness (QED) is 0.561. The third-order valence-electron chi connectivity index (χ3n) is 4.24. The fraction of sp³-hybridized carbons (Fsp3) is 0.647. The lowest BCUT2D eigenvalue weighted by atomic mass is 9.98. The van der Waals surface area contributed by atoms with Crippen LogP contribution in [0.1, 0.15) is 44.2 Å². The minimum absolute atomic E-state index is 0. The second-order valence-electron chi connectivity index (χ2n) is 6.04. The van der Waals surface area contributed by atoms with Crippen LogP contribution in [0.5, 0.6) is 5.75 Å². The lowest BCUT2D eigenvalue weighted by molar-refractivity contribution is -0.274. The van der Waals surface area contributed by atoms with E-state index in [1.807, 2.05) is 0 Å². The van der Waals surface area contributed by atoms with Crippen LogP contribution in [0.15, 0.2) is 18.2 Å². The van der Waals surface area contributed by atoms with Gasteiger partial charge in [-0.05, 0) is 24.1 Å². The average molecular weight is 438 g/mol. The van der Waals surface area contributed by atoms with Gasteiger partial charge in [0.15, 0.2) is 0 Å². The number of unbranched alkanes of at least 4 members (excludes halogenated alkanes) is 2. The molecule has 152 valence electrons. The Hall–Kier alpha value is -0.400.